The Kier molecular flexibility index (Phi) is 4.14. The van der Waals surface area contributed by atoms with E-state index in [0.29, 0.717) is 6.54 Å². The molecule has 0 saturated carbocycles. The van der Waals surface area contributed by atoms with E-state index in [-0.39, 0.29) is 5.91 Å². The highest BCUT2D eigenvalue weighted by Gasteiger charge is 2.19. The first kappa shape index (κ1) is 13.3. The molecule has 0 unspecified atom stereocenters. The van der Waals surface area contributed by atoms with E-state index in [0.717, 1.165) is 50.3 Å². The zero-order valence-electron chi connectivity index (χ0n) is 11.9. The van der Waals surface area contributed by atoms with Gasteiger partial charge in [-0.3, -0.25) is 4.79 Å². The summed E-state index contributed by atoms with van der Waals surface area (Å²) in [5, 5.41) is 3.23. The molecule has 0 bridgehead atoms. The van der Waals surface area contributed by atoms with E-state index in [1.807, 2.05) is 4.90 Å². The molecule has 3 rings (SSSR count). The van der Waals surface area contributed by atoms with E-state index in [4.69, 9.17) is 0 Å². The summed E-state index contributed by atoms with van der Waals surface area (Å²) in [7, 11) is 0. The summed E-state index contributed by atoms with van der Waals surface area (Å²) < 4.78 is 0. The predicted molar refractivity (Wildman–Crippen MR) is 77.6 cm³/mol. The molecule has 5 heteroatoms. The lowest BCUT2D eigenvalue weighted by molar-refractivity contribution is -0.128. The third-order valence-electron chi connectivity index (χ3n) is 4.24. The Labute approximate surface area is 119 Å². The van der Waals surface area contributed by atoms with Crippen LogP contribution in [0.3, 0.4) is 0 Å². The molecule has 2 heterocycles. The van der Waals surface area contributed by atoms with E-state index in [2.05, 4.69) is 15.3 Å². The summed E-state index contributed by atoms with van der Waals surface area (Å²) in [6.07, 6.45) is 9.59. The number of aryl methyl sites for hydroxylation is 1. The van der Waals surface area contributed by atoms with Crippen molar-refractivity contribution in [3.8, 4) is 0 Å². The number of aromatic nitrogens is 2. The Hall–Kier alpha value is -1.65. The molecule has 1 saturated heterocycles. The van der Waals surface area contributed by atoms with Gasteiger partial charge in [-0.2, -0.15) is 0 Å². The lowest BCUT2D eigenvalue weighted by atomic mass is 10.1. The number of carbonyl (C=O) groups is 1. The Morgan fingerprint density at radius 2 is 1.90 bits per heavy atom. The van der Waals surface area contributed by atoms with Crippen molar-refractivity contribution in [3.63, 3.8) is 0 Å². The Bertz CT molecular complexity index is 483. The zero-order valence-corrected chi connectivity index (χ0v) is 11.9. The van der Waals surface area contributed by atoms with Crippen molar-refractivity contribution < 1.29 is 4.79 Å². The number of carbonyl (C=O) groups excluding carboxylic acids is 1. The highest BCUT2D eigenvalue weighted by molar-refractivity contribution is 5.81. The third kappa shape index (κ3) is 2.92. The van der Waals surface area contributed by atoms with Crippen molar-refractivity contribution in [2.75, 3.05) is 25.0 Å². The lowest BCUT2D eigenvalue weighted by Gasteiger charge is -2.17. The minimum Gasteiger partial charge on any atom is -0.361 e. The normalized spacial score (nSPS) is 18.5. The van der Waals surface area contributed by atoms with E-state index in [1.165, 1.54) is 24.8 Å². The Balaban J connectivity index is 1.66. The number of amides is 1. The molecule has 2 aliphatic rings. The number of fused-ring (bicyclic) bond motifs is 1. The second kappa shape index (κ2) is 6.20. The highest BCUT2D eigenvalue weighted by Crippen LogP contribution is 2.23. The number of hydrogen-bond acceptors (Lipinski definition) is 4. The topological polar surface area (TPSA) is 58.1 Å². The van der Waals surface area contributed by atoms with Crippen molar-refractivity contribution in [3.05, 3.63) is 17.6 Å². The quantitative estimate of drug-likeness (QED) is 0.854. The maximum Gasteiger partial charge on any atom is 0.241 e. The van der Waals surface area contributed by atoms with Crippen LogP contribution in [0.15, 0.2) is 6.33 Å². The minimum atomic E-state index is 0.184. The van der Waals surface area contributed by atoms with Crippen LogP contribution in [0.25, 0.3) is 0 Å². The fourth-order valence-corrected chi connectivity index (χ4v) is 3.09. The molecular formula is C15H22N4O. The zero-order chi connectivity index (χ0) is 13.8. The number of nitrogens with one attached hydrogen (secondary N) is 1. The lowest BCUT2D eigenvalue weighted by Crippen LogP contribution is -2.33. The average molecular weight is 274 g/mol. The molecule has 1 aliphatic carbocycles. The van der Waals surface area contributed by atoms with Crippen LogP contribution in [-0.4, -0.2) is 40.4 Å². The molecule has 1 aromatic rings. The molecule has 5 nitrogen and oxygen atoms in total. The Morgan fingerprint density at radius 1 is 1.10 bits per heavy atom. The molecule has 20 heavy (non-hydrogen) atoms. The van der Waals surface area contributed by atoms with Crippen molar-refractivity contribution >= 4 is 11.7 Å². The largest absolute Gasteiger partial charge is 0.361 e. The first-order valence-electron chi connectivity index (χ1n) is 7.69. The summed E-state index contributed by atoms with van der Waals surface area (Å²) in [5.74, 6) is 1.05. The van der Waals surface area contributed by atoms with Crippen molar-refractivity contribution in [2.45, 2.75) is 44.9 Å². The van der Waals surface area contributed by atoms with Gasteiger partial charge in [-0.15, -0.1) is 0 Å². The van der Waals surface area contributed by atoms with Crippen LogP contribution < -0.4 is 5.32 Å². The maximum absolute atomic E-state index is 12.1. The standard InChI is InChI=1S/C15H22N4O/c20-14(19-8-4-5-9-19)10-16-15-12-6-2-1-3-7-13(12)17-11-18-15/h11H,1-10H2,(H,16,17,18). The van der Waals surface area contributed by atoms with Crippen LogP contribution in [0.1, 0.15) is 43.4 Å². The van der Waals surface area contributed by atoms with Crippen LogP contribution in [0.2, 0.25) is 0 Å². The van der Waals surface area contributed by atoms with Crippen molar-refractivity contribution in [2.24, 2.45) is 0 Å². The van der Waals surface area contributed by atoms with Crippen LogP contribution in [0.4, 0.5) is 5.82 Å². The molecule has 1 N–H and O–H groups in total. The van der Waals surface area contributed by atoms with Crippen LogP contribution in [0, 0.1) is 0 Å². The van der Waals surface area contributed by atoms with Gasteiger partial charge in [-0.05, 0) is 38.5 Å². The number of nitrogens with zero attached hydrogens (tertiary/aromatic N) is 3. The summed E-state index contributed by atoms with van der Waals surface area (Å²) in [4.78, 5) is 22.7. The summed E-state index contributed by atoms with van der Waals surface area (Å²) in [5.41, 5.74) is 2.38. The highest BCUT2D eigenvalue weighted by atomic mass is 16.2. The molecule has 1 fully saturated rings. The molecule has 0 atom stereocenters. The monoisotopic (exact) mass is 274 g/mol. The van der Waals surface area contributed by atoms with Gasteiger partial charge in [0.15, 0.2) is 0 Å². The fourth-order valence-electron chi connectivity index (χ4n) is 3.09. The van der Waals surface area contributed by atoms with Gasteiger partial charge in [0.2, 0.25) is 5.91 Å². The molecule has 0 aromatic carbocycles. The van der Waals surface area contributed by atoms with E-state index >= 15 is 0 Å². The second-order valence-corrected chi connectivity index (χ2v) is 5.65. The van der Waals surface area contributed by atoms with Gasteiger partial charge in [-0.25, -0.2) is 9.97 Å². The predicted octanol–water partition coefficient (Wildman–Crippen LogP) is 1.78. The first-order chi connectivity index (χ1) is 9.84. The van der Waals surface area contributed by atoms with E-state index in [9.17, 15) is 4.79 Å². The van der Waals surface area contributed by atoms with Gasteiger partial charge in [0.25, 0.3) is 0 Å². The smallest absolute Gasteiger partial charge is 0.241 e. The van der Waals surface area contributed by atoms with Crippen LogP contribution >= 0.6 is 0 Å². The molecule has 1 amide bonds. The molecule has 0 spiro atoms. The summed E-state index contributed by atoms with van der Waals surface area (Å²) in [6, 6.07) is 0. The average Bonchev–Trinajstić information content (AvgIpc) is 2.90. The van der Waals surface area contributed by atoms with Crippen molar-refractivity contribution in [1.82, 2.24) is 14.9 Å². The van der Waals surface area contributed by atoms with Crippen LogP contribution in [0.5, 0.6) is 0 Å². The van der Waals surface area contributed by atoms with Crippen LogP contribution in [-0.2, 0) is 17.6 Å². The van der Waals surface area contributed by atoms with Crippen molar-refractivity contribution in [1.29, 1.82) is 0 Å². The van der Waals surface area contributed by atoms with Gasteiger partial charge in [0, 0.05) is 24.3 Å². The SMILES string of the molecule is O=C(CNc1ncnc2c1CCCCC2)N1CCCC1. The van der Waals surface area contributed by atoms with Gasteiger partial charge in [0.05, 0.1) is 6.54 Å². The van der Waals surface area contributed by atoms with E-state index < -0.39 is 0 Å². The minimum absolute atomic E-state index is 0.184. The Morgan fingerprint density at radius 3 is 2.75 bits per heavy atom. The van der Waals surface area contributed by atoms with Gasteiger partial charge in [-0.1, -0.05) is 6.42 Å². The molecular weight excluding hydrogens is 252 g/mol. The molecule has 0 radical (unpaired) electrons. The second-order valence-electron chi connectivity index (χ2n) is 5.65. The molecule has 1 aromatic heterocycles. The maximum atomic E-state index is 12.1. The van der Waals surface area contributed by atoms with E-state index in [1.54, 1.807) is 6.33 Å². The number of likely N-dealkylation sites (tertiary alicyclic amines) is 1. The molecule has 1 aliphatic heterocycles. The summed E-state index contributed by atoms with van der Waals surface area (Å²) in [6.45, 7) is 2.16. The number of rotatable bonds is 3. The first-order valence-corrected chi connectivity index (χ1v) is 7.69. The van der Waals surface area contributed by atoms with Gasteiger partial charge >= 0.3 is 0 Å². The van der Waals surface area contributed by atoms with Gasteiger partial charge in [0.1, 0.15) is 12.1 Å². The molecule has 108 valence electrons. The fraction of sp³-hybridized carbons (Fsp3) is 0.667. The summed E-state index contributed by atoms with van der Waals surface area (Å²) >= 11 is 0. The van der Waals surface area contributed by atoms with Gasteiger partial charge < -0.3 is 10.2 Å². The number of anilines is 1. The number of hydrogen-bond donors (Lipinski definition) is 1. The third-order valence-corrected chi connectivity index (χ3v) is 4.24.